The maximum Gasteiger partial charge on any atom is 0.490 e. The molecular weight excluding hydrogens is 1110 g/mol. The molecule has 0 spiro atoms. The number of aliphatic hydroxyl groups is 4. The number of nitrogens with two attached hydrogens (primary N) is 2. The smallest absolute Gasteiger partial charge is 0.387 e. The van der Waals surface area contributed by atoms with E-state index < -0.39 is 136 Å². The Morgan fingerprint density at radius 1 is 0.697 bits per heavy atom. The first-order valence-electron chi connectivity index (χ1n) is 21.6. The first kappa shape index (κ1) is 55.6. The number of ether oxygens (including phenoxy) is 4. The predicted molar refractivity (Wildman–Crippen MR) is 244 cm³/mol. The summed E-state index contributed by atoms with van der Waals surface area (Å²) in [5, 5.41) is 46.0. The Kier molecular flexibility index (Phi) is 15.3. The van der Waals surface area contributed by atoms with Gasteiger partial charge in [0.1, 0.15) is 66.8 Å². The summed E-state index contributed by atoms with van der Waals surface area (Å²) in [5.41, 5.74) is 9.67. The van der Waals surface area contributed by atoms with Crippen LogP contribution in [0.1, 0.15) is 18.7 Å². The summed E-state index contributed by atoms with van der Waals surface area (Å²) < 4.78 is 109. The molecule has 76 heavy (non-hydrogen) atoms. The number of rotatable bonds is 20. The maximum absolute atomic E-state index is 13.8. The molecule has 0 aromatic carbocycles. The minimum Gasteiger partial charge on any atom is -0.387 e. The van der Waals surface area contributed by atoms with Crippen LogP contribution in [0, 0.1) is 0 Å². The Morgan fingerprint density at radius 2 is 1.26 bits per heavy atom. The van der Waals surface area contributed by atoms with E-state index in [9.17, 15) is 67.8 Å². The summed E-state index contributed by atoms with van der Waals surface area (Å²) in [4.78, 5) is 96.1. The van der Waals surface area contributed by atoms with E-state index in [4.69, 9.17) is 48.5 Å². The number of aromatic nitrogens is 12. The van der Waals surface area contributed by atoms with Gasteiger partial charge in [-0.1, -0.05) is 4.98 Å². The van der Waals surface area contributed by atoms with Crippen molar-refractivity contribution in [2.45, 2.75) is 73.6 Å². The van der Waals surface area contributed by atoms with E-state index in [1.807, 2.05) is 0 Å². The van der Waals surface area contributed by atoms with Crippen LogP contribution in [0.2, 0.25) is 0 Å². The summed E-state index contributed by atoms with van der Waals surface area (Å²) in [5.74, 6) is -0.394. The third-order valence-electron chi connectivity index (χ3n) is 11.8. The van der Waals surface area contributed by atoms with Gasteiger partial charge >= 0.3 is 36.9 Å². The van der Waals surface area contributed by atoms with Gasteiger partial charge in [-0.2, -0.15) is 13.6 Å². The number of fused-ring (bicyclic) bond motifs is 3. The predicted octanol–water partition coefficient (Wildman–Crippen LogP) is -4.25. The number of hydrogen-bond acceptors (Lipinski definition) is 29. The average molecular weight is 1160 g/mol. The molecule has 39 nitrogen and oxygen atoms in total. The molecule has 6 aromatic rings. The van der Waals surface area contributed by atoms with Crippen molar-refractivity contribution >= 4 is 82.5 Å². The number of phosphoric ester groups is 3. The largest absolute Gasteiger partial charge is 0.490 e. The molecule has 0 amide bonds. The van der Waals surface area contributed by atoms with E-state index in [0.29, 0.717) is 0 Å². The molecule has 43 heteroatoms. The van der Waals surface area contributed by atoms with Crippen LogP contribution in [-0.4, -0.2) is 182 Å². The van der Waals surface area contributed by atoms with Crippen molar-refractivity contribution in [1.29, 1.82) is 0 Å². The molecule has 0 aliphatic carbocycles. The zero-order valence-electron chi connectivity index (χ0n) is 38.9. The zero-order chi connectivity index (χ0) is 55.0. The fraction of sp³-hybridized carbons (Fsp3) is 0.545. The number of methoxy groups -OCH3 is 1. The highest BCUT2D eigenvalue weighted by molar-refractivity contribution is 7.66. The van der Waals surface area contributed by atoms with Gasteiger partial charge in [0.25, 0.3) is 17.1 Å². The van der Waals surface area contributed by atoms with E-state index in [1.165, 1.54) is 29.6 Å². The number of aryl methyl sites for hydroxylation is 1. The Bertz CT molecular complexity index is 3490. The quantitative estimate of drug-likeness (QED) is 0.0254. The minimum absolute atomic E-state index is 0.0174. The highest BCUT2D eigenvalue weighted by Gasteiger charge is 2.54. The van der Waals surface area contributed by atoms with Crippen molar-refractivity contribution in [2.75, 3.05) is 50.8 Å². The van der Waals surface area contributed by atoms with E-state index in [1.54, 1.807) is 0 Å². The molecule has 3 aliphatic rings. The van der Waals surface area contributed by atoms with E-state index in [0.717, 1.165) is 35.2 Å². The van der Waals surface area contributed by atoms with Gasteiger partial charge in [0.2, 0.25) is 17.7 Å². The van der Waals surface area contributed by atoms with E-state index in [-0.39, 0.29) is 51.2 Å². The molecule has 0 radical (unpaired) electrons. The summed E-state index contributed by atoms with van der Waals surface area (Å²) in [7, 11) is -19.2. The lowest BCUT2D eigenvalue weighted by molar-refractivity contribution is -0.745. The van der Waals surface area contributed by atoms with Gasteiger partial charge in [-0.25, -0.2) is 42.8 Å². The number of aromatic amines is 2. The third-order valence-corrected chi connectivity index (χ3v) is 17.0. The first-order chi connectivity index (χ1) is 35.7. The van der Waals surface area contributed by atoms with Crippen molar-refractivity contribution in [3.8, 4) is 0 Å². The van der Waals surface area contributed by atoms with Crippen LogP contribution in [0.15, 0.2) is 34.9 Å². The SMILES string of the molecule is CNc1ncnc2c1ncn2[C@@H]1O[C@H](COP(=O)(O)OP(=O)(O)OP(=O)(O)OC[C@H]2O[C@@H]([n+]3cn(C)c4c(=O)[nH]c(N)nc43)[C@H](O)[C@@H]2O)[C@@H](OC)[C@H]1OP(=O)(O)OC[C@H]1O[C@@H](n2cnc3c(=O)[nH]c(N)nc32)[C@H](O)[C@@H]1O. The molecule has 3 fully saturated rings. The summed E-state index contributed by atoms with van der Waals surface area (Å²) in [6, 6.07) is 0. The number of nitrogen functional groups attached to an aromatic ring is 2. The molecule has 9 heterocycles. The summed E-state index contributed by atoms with van der Waals surface area (Å²) >= 11 is 0. The molecule has 3 saturated heterocycles. The zero-order valence-corrected chi connectivity index (χ0v) is 42.5. The van der Waals surface area contributed by atoms with Crippen molar-refractivity contribution in [3.63, 3.8) is 0 Å². The van der Waals surface area contributed by atoms with Gasteiger partial charge < -0.3 is 75.7 Å². The number of nitrogens with one attached hydrogen (secondary N) is 3. The Hall–Kier alpha value is -5.15. The highest BCUT2D eigenvalue weighted by atomic mass is 31.3. The molecule has 6 aromatic heterocycles. The van der Waals surface area contributed by atoms with Crippen molar-refractivity contribution in [3.05, 3.63) is 46.0 Å². The number of anilines is 3. The third kappa shape index (κ3) is 11.0. The van der Waals surface area contributed by atoms with Crippen LogP contribution in [-0.2, 0) is 71.0 Å². The normalized spacial score (nSPS) is 30.2. The molecule has 15 N–H and O–H groups in total. The maximum atomic E-state index is 13.8. The number of hydrogen-bond donors (Lipinski definition) is 13. The standard InChI is InChI=1S/C33H45N15O24P4/c1-36-23-14-24(38-7-37-23)46(8-39-14)31-22(70-73(55,56)64-4-11-17(49)19(51)29(67-11)47-9-40-15-25(47)41-32(34)43-27(15)53)21(63-3)13(69-31)6-66-75(59,60)72-76(61,62)71-74(57,58)65-5-12-18(50)20(52)30(68-12)48-10-45(2)16-26(48)42-33(35)44-28(16)54/h7-13,17-22,29-31,49-52H,4-6H2,1-3H3,(H10-,34,35,36,37,38,41,42,43,44,53,54,55,56,57,58,59,60,61,62)/p+1/t11-,12-,13-,17-,18-,19-,20-,21-,22-,29-,30-,31-/m1/s1. The van der Waals surface area contributed by atoms with Gasteiger partial charge in [-0.05, 0) is 0 Å². The average Bonchev–Trinajstić information content (AvgIpc) is 4.19. The summed E-state index contributed by atoms with van der Waals surface area (Å²) in [6.07, 6.45) is -15.5. The fourth-order valence-corrected chi connectivity index (χ4v) is 12.9. The van der Waals surface area contributed by atoms with Gasteiger partial charge in [0.15, 0.2) is 41.4 Å². The van der Waals surface area contributed by atoms with Crippen molar-refractivity contribution in [1.82, 2.24) is 53.6 Å². The molecule has 4 unspecified atom stereocenters. The lowest BCUT2D eigenvalue weighted by Gasteiger charge is -2.26. The van der Waals surface area contributed by atoms with Gasteiger partial charge in [-0.15, -0.1) is 0 Å². The second-order valence-corrected chi connectivity index (χ2v) is 22.7. The first-order valence-corrected chi connectivity index (χ1v) is 27.6. The van der Waals surface area contributed by atoms with Crippen LogP contribution in [0.3, 0.4) is 0 Å². The van der Waals surface area contributed by atoms with E-state index in [2.05, 4.69) is 53.8 Å². The van der Waals surface area contributed by atoms with Crippen LogP contribution >= 0.6 is 31.3 Å². The second kappa shape index (κ2) is 20.9. The molecule has 16 atom stereocenters. The number of aliphatic hydroxyl groups excluding tert-OH is 4. The van der Waals surface area contributed by atoms with Crippen molar-refractivity contribution in [2.24, 2.45) is 7.05 Å². The topological polar surface area (TPSA) is 548 Å². The number of phosphoric acid groups is 4. The van der Waals surface area contributed by atoms with Crippen LogP contribution in [0.5, 0.6) is 0 Å². The number of nitrogens with zero attached hydrogens (tertiary/aromatic N) is 10. The van der Waals surface area contributed by atoms with Gasteiger partial charge in [-0.3, -0.25) is 51.4 Å². The Morgan fingerprint density at radius 3 is 1.92 bits per heavy atom. The molecule has 0 saturated carbocycles. The minimum atomic E-state index is -6.16. The highest BCUT2D eigenvalue weighted by Crippen LogP contribution is 2.68. The number of imidazole rings is 3. The second-order valence-electron chi connectivity index (χ2n) is 16.7. The Balaban J connectivity index is 0.855. The molecule has 3 aliphatic heterocycles. The van der Waals surface area contributed by atoms with Crippen molar-refractivity contribution < 1.29 is 108 Å². The summed E-state index contributed by atoms with van der Waals surface area (Å²) in [6.45, 7) is -3.23. The lowest BCUT2D eigenvalue weighted by Crippen LogP contribution is -2.46. The fourth-order valence-electron chi connectivity index (χ4n) is 8.47. The monoisotopic (exact) mass is 1160 g/mol. The van der Waals surface area contributed by atoms with Gasteiger partial charge in [0, 0.05) is 14.2 Å². The lowest BCUT2D eigenvalue weighted by atomic mass is 10.1. The molecule has 416 valence electrons. The molecular formula is C33H46N15O24P4+. The van der Waals surface area contributed by atoms with Crippen LogP contribution in [0.4, 0.5) is 17.7 Å². The van der Waals surface area contributed by atoms with Gasteiger partial charge in [0.05, 0.1) is 39.5 Å². The Labute approximate surface area is 421 Å². The van der Waals surface area contributed by atoms with E-state index >= 15 is 0 Å². The molecule has 9 rings (SSSR count). The van der Waals surface area contributed by atoms with Crippen LogP contribution in [0.25, 0.3) is 33.5 Å². The number of H-pyrrole nitrogens is 2. The van der Waals surface area contributed by atoms with Crippen LogP contribution < -0.4 is 32.5 Å². The molecule has 0 bridgehead atoms.